The average Bonchev–Trinajstić information content (AvgIpc) is 2.32. The quantitative estimate of drug-likeness (QED) is 0.879. The van der Waals surface area contributed by atoms with Gasteiger partial charge < -0.3 is 9.94 Å². The third-order valence-corrected chi connectivity index (χ3v) is 4.09. The van der Waals surface area contributed by atoms with Crippen molar-refractivity contribution < 1.29 is 9.94 Å². The highest BCUT2D eigenvalue weighted by atomic mass is 32.2. The lowest BCUT2D eigenvalue weighted by Crippen LogP contribution is -2.31. The third kappa shape index (κ3) is 3.14. The molecular weight excluding hydrogens is 222 g/mol. The van der Waals surface area contributed by atoms with E-state index in [9.17, 15) is 5.21 Å². The van der Waals surface area contributed by atoms with Gasteiger partial charge in [0.1, 0.15) is 5.75 Å². The highest BCUT2D eigenvalue weighted by Crippen LogP contribution is 2.31. The lowest BCUT2D eigenvalue weighted by Gasteiger charge is -2.26. The molecule has 88 valence electrons. The zero-order valence-electron chi connectivity index (χ0n) is 9.43. The van der Waals surface area contributed by atoms with Crippen molar-refractivity contribution in [1.82, 2.24) is 5.06 Å². The maximum Gasteiger partial charge on any atom is 0.119 e. The van der Waals surface area contributed by atoms with E-state index in [2.05, 4.69) is 12.1 Å². The van der Waals surface area contributed by atoms with Crippen molar-refractivity contribution in [1.29, 1.82) is 0 Å². The lowest BCUT2D eigenvalue weighted by atomic mass is 10.2. The van der Waals surface area contributed by atoms with E-state index in [4.69, 9.17) is 4.74 Å². The maximum atomic E-state index is 9.28. The Balaban J connectivity index is 1.93. The van der Waals surface area contributed by atoms with Crippen LogP contribution in [0.3, 0.4) is 0 Å². The molecule has 0 aliphatic carbocycles. The molecule has 1 aromatic rings. The number of nitrogens with zero attached hydrogens (tertiary/aromatic N) is 1. The van der Waals surface area contributed by atoms with Crippen molar-refractivity contribution in [3.8, 4) is 5.75 Å². The zero-order valence-corrected chi connectivity index (χ0v) is 10.2. The molecule has 1 fully saturated rings. The van der Waals surface area contributed by atoms with Crippen molar-refractivity contribution in [3.05, 3.63) is 24.3 Å². The smallest absolute Gasteiger partial charge is 0.119 e. The van der Waals surface area contributed by atoms with Crippen LogP contribution >= 0.6 is 11.8 Å². The largest absolute Gasteiger partial charge is 0.497 e. The van der Waals surface area contributed by atoms with Gasteiger partial charge in [0.05, 0.1) is 7.11 Å². The number of piperidine rings is 1. The number of hydroxylamine groups is 2. The topological polar surface area (TPSA) is 32.7 Å². The van der Waals surface area contributed by atoms with Gasteiger partial charge in [-0.3, -0.25) is 0 Å². The molecule has 0 atom stereocenters. The standard InChI is InChI=1S/C12H17NO2S/c1-15-10-3-2-4-12(9-10)16-11-5-7-13(14)8-6-11/h2-4,9,11,14H,5-8H2,1H3. The number of hydrogen-bond acceptors (Lipinski definition) is 4. The highest BCUT2D eigenvalue weighted by Gasteiger charge is 2.18. The van der Waals surface area contributed by atoms with Crippen molar-refractivity contribution in [3.63, 3.8) is 0 Å². The van der Waals surface area contributed by atoms with Gasteiger partial charge in [0.25, 0.3) is 0 Å². The van der Waals surface area contributed by atoms with Gasteiger partial charge in [0, 0.05) is 23.2 Å². The minimum Gasteiger partial charge on any atom is -0.497 e. The summed E-state index contributed by atoms with van der Waals surface area (Å²) in [4.78, 5) is 1.25. The lowest BCUT2D eigenvalue weighted by molar-refractivity contribution is -0.102. The predicted octanol–water partition coefficient (Wildman–Crippen LogP) is 2.64. The monoisotopic (exact) mass is 239 g/mol. The van der Waals surface area contributed by atoms with Crippen LogP contribution in [0.1, 0.15) is 12.8 Å². The molecule has 4 heteroatoms. The van der Waals surface area contributed by atoms with Crippen LogP contribution in [0.25, 0.3) is 0 Å². The third-order valence-electron chi connectivity index (χ3n) is 2.76. The maximum absolute atomic E-state index is 9.28. The first-order valence-electron chi connectivity index (χ1n) is 5.52. The van der Waals surface area contributed by atoms with E-state index in [1.165, 1.54) is 9.96 Å². The Labute approximate surface area is 100 Å². The number of methoxy groups -OCH3 is 1. The molecule has 3 nitrogen and oxygen atoms in total. The van der Waals surface area contributed by atoms with E-state index < -0.39 is 0 Å². The molecule has 2 rings (SSSR count). The van der Waals surface area contributed by atoms with E-state index in [1.54, 1.807) is 7.11 Å². The Morgan fingerprint density at radius 2 is 2.12 bits per heavy atom. The fourth-order valence-electron chi connectivity index (χ4n) is 1.83. The summed E-state index contributed by atoms with van der Waals surface area (Å²) >= 11 is 1.88. The van der Waals surface area contributed by atoms with Crippen molar-refractivity contribution in [2.75, 3.05) is 20.2 Å². The fraction of sp³-hybridized carbons (Fsp3) is 0.500. The molecule has 0 radical (unpaired) electrons. The van der Waals surface area contributed by atoms with Gasteiger partial charge in [0.2, 0.25) is 0 Å². The minimum atomic E-state index is 0.607. The minimum absolute atomic E-state index is 0.607. The van der Waals surface area contributed by atoms with Gasteiger partial charge in [-0.15, -0.1) is 11.8 Å². The molecule has 0 bridgehead atoms. The Morgan fingerprint density at radius 3 is 2.81 bits per heavy atom. The van der Waals surface area contributed by atoms with Crippen LogP contribution in [0, 0.1) is 0 Å². The van der Waals surface area contributed by atoms with E-state index in [1.807, 2.05) is 23.9 Å². The van der Waals surface area contributed by atoms with Gasteiger partial charge in [-0.2, -0.15) is 5.06 Å². The van der Waals surface area contributed by atoms with Crippen LogP contribution in [0.5, 0.6) is 5.75 Å². The summed E-state index contributed by atoms with van der Waals surface area (Å²) in [5.74, 6) is 0.907. The Hall–Kier alpha value is -0.710. The number of hydrogen-bond donors (Lipinski definition) is 1. The molecule has 0 saturated carbocycles. The summed E-state index contributed by atoms with van der Waals surface area (Å²) in [6.45, 7) is 1.56. The SMILES string of the molecule is COc1cccc(SC2CCN(O)CC2)c1. The van der Waals surface area contributed by atoms with Crippen LogP contribution < -0.4 is 4.74 Å². The number of thioether (sulfide) groups is 1. The van der Waals surface area contributed by atoms with Gasteiger partial charge in [0.15, 0.2) is 0 Å². The van der Waals surface area contributed by atoms with Crippen LogP contribution in [-0.4, -0.2) is 35.7 Å². The van der Waals surface area contributed by atoms with Gasteiger partial charge in [-0.1, -0.05) is 6.07 Å². The van der Waals surface area contributed by atoms with Crippen LogP contribution in [0.15, 0.2) is 29.2 Å². The van der Waals surface area contributed by atoms with Gasteiger partial charge in [-0.25, -0.2) is 0 Å². The molecule has 1 N–H and O–H groups in total. The molecule has 0 unspecified atom stereocenters. The van der Waals surface area contributed by atoms with Crippen LogP contribution in [-0.2, 0) is 0 Å². The fourth-order valence-corrected chi connectivity index (χ4v) is 3.00. The second-order valence-electron chi connectivity index (χ2n) is 3.95. The summed E-state index contributed by atoms with van der Waals surface area (Å²) in [7, 11) is 1.69. The van der Waals surface area contributed by atoms with Crippen LogP contribution in [0.2, 0.25) is 0 Å². The summed E-state index contributed by atoms with van der Waals surface area (Å²) in [5.41, 5.74) is 0. The number of ether oxygens (including phenoxy) is 1. The highest BCUT2D eigenvalue weighted by molar-refractivity contribution is 8.00. The first-order chi connectivity index (χ1) is 7.78. The predicted molar refractivity (Wildman–Crippen MR) is 65.2 cm³/mol. The Bertz CT molecular complexity index is 338. The average molecular weight is 239 g/mol. The first kappa shape index (κ1) is 11.8. The summed E-state index contributed by atoms with van der Waals surface area (Å²) < 4.78 is 5.20. The molecule has 16 heavy (non-hydrogen) atoms. The molecule has 0 amide bonds. The van der Waals surface area contributed by atoms with E-state index >= 15 is 0 Å². The molecule has 0 spiro atoms. The second-order valence-corrected chi connectivity index (χ2v) is 5.32. The number of benzene rings is 1. The Kier molecular flexibility index (Phi) is 4.09. The molecule has 1 aliphatic rings. The number of rotatable bonds is 3. The van der Waals surface area contributed by atoms with Gasteiger partial charge in [-0.05, 0) is 31.0 Å². The van der Waals surface area contributed by atoms with Crippen LogP contribution in [0.4, 0.5) is 0 Å². The van der Waals surface area contributed by atoms with Crippen molar-refractivity contribution in [2.24, 2.45) is 0 Å². The van der Waals surface area contributed by atoms with E-state index in [0.29, 0.717) is 5.25 Å². The van der Waals surface area contributed by atoms with E-state index in [-0.39, 0.29) is 0 Å². The molecular formula is C12H17NO2S. The first-order valence-corrected chi connectivity index (χ1v) is 6.40. The summed E-state index contributed by atoms with van der Waals surface area (Å²) in [5, 5.41) is 11.3. The Morgan fingerprint density at radius 1 is 1.38 bits per heavy atom. The molecule has 1 saturated heterocycles. The van der Waals surface area contributed by atoms with Crippen molar-refractivity contribution in [2.45, 2.75) is 23.0 Å². The molecule has 1 aromatic carbocycles. The van der Waals surface area contributed by atoms with E-state index in [0.717, 1.165) is 31.7 Å². The van der Waals surface area contributed by atoms with Gasteiger partial charge >= 0.3 is 0 Å². The normalized spacial score (nSPS) is 18.6. The van der Waals surface area contributed by atoms with Crippen molar-refractivity contribution >= 4 is 11.8 Å². The summed E-state index contributed by atoms with van der Waals surface area (Å²) in [6.07, 6.45) is 2.08. The zero-order chi connectivity index (χ0) is 11.4. The molecule has 0 aromatic heterocycles. The summed E-state index contributed by atoms with van der Waals surface area (Å²) in [6, 6.07) is 8.15. The molecule has 1 aliphatic heterocycles. The second kappa shape index (κ2) is 5.57. The molecule has 1 heterocycles.